The molecule has 0 saturated carbocycles. The van der Waals surface area contributed by atoms with Crippen LogP contribution in [0.3, 0.4) is 0 Å². The molecule has 0 spiro atoms. The van der Waals surface area contributed by atoms with E-state index < -0.39 is 12.0 Å². The number of aromatic amines is 1. The summed E-state index contributed by atoms with van der Waals surface area (Å²) in [6.45, 7) is 0.618. The summed E-state index contributed by atoms with van der Waals surface area (Å²) in [6, 6.07) is 20.1. The third-order valence-electron chi connectivity index (χ3n) is 5.49. The van der Waals surface area contributed by atoms with Crippen LogP contribution in [0.25, 0.3) is 10.9 Å². The molecule has 1 unspecified atom stereocenters. The molecule has 3 N–H and O–H groups in total. The number of rotatable bonds is 10. The molecule has 1 heterocycles. The minimum absolute atomic E-state index is 0.307. The maximum Gasteiger partial charge on any atom is 0.321 e. The van der Waals surface area contributed by atoms with Crippen molar-refractivity contribution in [3.63, 3.8) is 0 Å². The van der Waals surface area contributed by atoms with Crippen LogP contribution in [0.5, 0.6) is 11.5 Å². The van der Waals surface area contributed by atoms with E-state index >= 15 is 0 Å². The van der Waals surface area contributed by atoms with Gasteiger partial charge in [0.1, 0.15) is 12.6 Å². The molecule has 6 nitrogen and oxygen atoms in total. The number of benzene rings is 3. The summed E-state index contributed by atoms with van der Waals surface area (Å²) in [5.74, 6) is 0.244. The molecule has 0 saturated heterocycles. The van der Waals surface area contributed by atoms with E-state index in [-0.39, 0.29) is 0 Å². The second-order valence-corrected chi connectivity index (χ2v) is 8.14. The first-order valence-corrected chi connectivity index (χ1v) is 11.0. The van der Waals surface area contributed by atoms with Crippen molar-refractivity contribution in [2.75, 3.05) is 7.11 Å². The van der Waals surface area contributed by atoms with Crippen LogP contribution in [0.2, 0.25) is 5.02 Å². The first-order chi connectivity index (χ1) is 16.0. The molecule has 4 rings (SSSR count). The Kier molecular flexibility index (Phi) is 7.17. The number of hydrogen-bond donors (Lipinski definition) is 3. The smallest absolute Gasteiger partial charge is 0.321 e. The average molecular weight is 465 g/mol. The summed E-state index contributed by atoms with van der Waals surface area (Å²) in [6.07, 6.45) is 2.22. The highest BCUT2D eigenvalue weighted by molar-refractivity contribution is 6.30. The molecule has 7 heteroatoms. The molecule has 0 aliphatic heterocycles. The van der Waals surface area contributed by atoms with E-state index in [1.54, 1.807) is 7.11 Å². The number of para-hydroxylation sites is 2. The second-order valence-electron chi connectivity index (χ2n) is 7.70. The van der Waals surface area contributed by atoms with Crippen LogP contribution in [0, 0.1) is 0 Å². The molecule has 0 fully saturated rings. The number of nitrogens with one attached hydrogen (secondary N) is 2. The van der Waals surface area contributed by atoms with Gasteiger partial charge in [-0.05, 0) is 35.4 Å². The van der Waals surface area contributed by atoms with Gasteiger partial charge in [0.05, 0.1) is 7.11 Å². The minimum atomic E-state index is -0.912. The van der Waals surface area contributed by atoms with Gasteiger partial charge >= 0.3 is 5.97 Å². The molecule has 0 aliphatic rings. The SMILES string of the molecule is COc1cccc(CNC(Cc2c[nH]c3ccccc23)C(=O)O)c1OCc1cccc(Cl)c1. The van der Waals surface area contributed by atoms with Crippen LogP contribution in [-0.4, -0.2) is 29.2 Å². The highest BCUT2D eigenvalue weighted by Gasteiger charge is 2.21. The summed E-state index contributed by atoms with van der Waals surface area (Å²) in [5.41, 5.74) is 3.67. The molecule has 3 aromatic carbocycles. The largest absolute Gasteiger partial charge is 0.493 e. The molecule has 1 atom stereocenters. The molecular formula is C26H25ClN2O4. The Labute approximate surface area is 197 Å². The first kappa shape index (κ1) is 22.7. The molecule has 170 valence electrons. The minimum Gasteiger partial charge on any atom is -0.493 e. The van der Waals surface area contributed by atoms with Crippen LogP contribution >= 0.6 is 11.6 Å². The number of aromatic nitrogens is 1. The highest BCUT2D eigenvalue weighted by Crippen LogP contribution is 2.32. The Morgan fingerprint density at radius 1 is 1.09 bits per heavy atom. The number of fused-ring (bicyclic) bond motifs is 1. The van der Waals surface area contributed by atoms with Gasteiger partial charge in [-0.3, -0.25) is 10.1 Å². The Morgan fingerprint density at radius 2 is 1.91 bits per heavy atom. The summed E-state index contributed by atoms with van der Waals surface area (Å²) in [7, 11) is 1.58. The van der Waals surface area contributed by atoms with Crippen molar-refractivity contribution in [3.05, 3.63) is 94.6 Å². The van der Waals surface area contributed by atoms with E-state index in [9.17, 15) is 9.90 Å². The van der Waals surface area contributed by atoms with E-state index in [0.29, 0.717) is 36.1 Å². The number of ether oxygens (including phenoxy) is 2. The first-order valence-electron chi connectivity index (χ1n) is 10.6. The molecule has 0 radical (unpaired) electrons. The zero-order chi connectivity index (χ0) is 23.2. The standard InChI is InChI=1S/C26H25ClN2O4/c1-32-24-11-5-7-18(25(24)33-16-17-6-4-8-20(27)12-17)14-29-23(26(30)31)13-19-15-28-22-10-3-2-9-21(19)22/h2-12,15,23,28-29H,13-14,16H2,1H3,(H,30,31). The van der Waals surface area contributed by atoms with Crippen molar-refractivity contribution in [3.8, 4) is 11.5 Å². The van der Waals surface area contributed by atoms with E-state index in [0.717, 1.165) is 27.6 Å². The Morgan fingerprint density at radius 3 is 2.70 bits per heavy atom. The van der Waals surface area contributed by atoms with Crippen LogP contribution < -0.4 is 14.8 Å². The highest BCUT2D eigenvalue weighted by atomic mass is 35.5. The molecule has 33 heavy (non-hydrogen) atoms. The molecule has 0 bridgehead atoms. The van der Waals surface area contributed by atoms with Crippen molar-refractivity contribution in [2.24, 2.45) is 0 Å². The van der Waals surface area contributed by atoms with Gasteiger partial charge in [-0.15, -0.1) is 0 Å². The maximum atomic E-state index is 12.0. The fourth-order valence-corrected chi connectivity index (χ4v) is 4.02. The molecule has 0 aliphatic carbocycles. The Hall–Kier alpha value is -3.48. The van der Waals surface area contributed by atoms with Crippen LogP contribution in [0.1, 0.15) is 16.7 Å². The zero-order valence-electron chi connectivity index (χ0n) is 18.2. The third kappa shape index (κ3) is 5.48. The summed E-state index contributed by atoms with van der Waals surface area (Å²) >= 11 is 6.08. The van der Waals surface area contributed by atoms with Gasteiger partial charge in [-0.2, -0.15) is 0 Å². The molecule has 0 amide bonds. The second kappa shape index (κ2) is 10.4. The van der Waals surface area contributed by atoms with Gasteiger partial charge in [0.25, 0.3) is 0 Å². The van der Waals surface area contributed by atoms with Crippen molar-refractivity contribution in [1.82, 2.24) is 10.3 Å². The summed E-state index contributed by atoms with van der Waals surface area (Å²) in [5, 5.41) is 14.7. The molecule has 4 aromatic rings. The zero-order valence-corrected chi connectivity index (χ0v) is 18.9. The lowest BCUT2D eigenvalue weighted by atomic mass is 10.0. The lowest BCUT2D eigenvalue weighted by molar-refractivity contribution is -0.139. The lowest BCUT2D eigenvalue weighted by Crippen LogP contribution is -2.38. The van der Waals surface area contributed by atoms with E-state index in [1.165, 1.54) is 0 Å². The van der Waals surface area contributed by atoms with E-state index in [2.05, 4.69) is 10.3 Å². The van der Waals surface area contributed by atoms with Crippen LogP contribution in [-0.2, 0) is 24.4 Å². The van der Waals surface area contributed by atoms with Gasteiger partial charge < -0.3 is 19.6 Å². The fraction of sp³-hybridized carbons (Fsp3) is 0.192. The van der Waals surface area contributed by atoms with Gasteiger partial charge in [0.15, 0.2) is 11.5 Å². The molecule has 1 aromatic heterocycles. The van der Waals surface area contributed by atoms with Gasteiger partial charge in [0.2, 0.25) is 0 Å². The van der Waals surface area contributed by atoms with E-state index in [4.69, 9.17) is 21.1 Å². The van der Waals surface area contributed by atoms with Gasteiger partial charge in [-0.1, -0.05) is 54.1 Å². The number of hydrogen-bond acceptors (Lipinski definition) is 4. The normalized spacial score (nSPS) is 11.9. The van der Waals surface area contributed by atoms with Crippen LogP contribution in [0.15, 0.2) is 72.9 Å². The Bertz CT molecular complexity index is 1250. The van der Waals surface area contributed by atoms with Crippen molar-refractivity contribution in [1.29, 1.82) is 0 Å². The average Bonchev–Trinajstić information content (AvgIpc) is 3.23. The number of carbonyl (C=O) groups is 1. The fourth-order valence-electron chi connectivity index (χ4n) is 3.81. The van der Waals surface area contributed by atoms with Gasteiger partial charge in [0, 0.05) is 40.7 Å². The number of H-pyrrole nitrogens is 1. The van der Waals surface area contributed by atoms with Gasteiger partial charge in [-0.25, -0.2) is 0 Å². The quantitative estimate of drug-likeness (QED) is 0.300. The topological polar surface area (TPSA) is 83.6 Å². The monoisotopic (exact) mass is 464 g/mol. The van der Waals surface area contributed by atoms with Crippen molar-refractivity contribution >= 4 is 28.5 Å². The number of carboxylic acids is 1. The number of methoxy groups -OCH3 is 1. The third-order valence-corrected chi connectivity index (χ3v) is 5.72. The van der Waals surface area contributed by atoms with E-state index in [1.807, 2.05) is 72.9 Å². The lowest BCUT2D eigenvalue weighted by Gasteiger charge is -2.18. The maximum absolute atomic E-state index is 12.0. The number of carboxylic acid groups (broad SMARTS) is 1. The Balaban J connectivity index is 1.50. The van der Waals surface area contributed by atoms with Crippen LogP contribution in [0.4, 0.5) is 0 Å². The number of halogens is 1. The van der Waals surface area contributed by atoms with Crippen molar-refractivity contribution < 1.29 is 19.4 Å². The predicted molar refractivity (Wildman–Crippen MR) is 129 cm³/mol. The summed E-state index contributed by atoms with van der Waals surface area (Å²) in [4.78, 5) is 15.2. The molecular weight excluding hydrogens is 440 g/mol. The van der Waals surface area contributed by atoms with Crippen molar-refractivity contribution in [2.45, 2.75) is 25.6 Å². The summed E-state index contributed by atoms with van der Waals surface area (Å²) < 4.78 is 11.6. The number of aliphatic carboxylic acids is 1. The predicted octanol–water partition coefficient (Wildman–Crippen LogP) is 5.19.